The predicted molar refractivity (Wildman–Crippen MR) is 163 cm³/mol. The molecule has 224 valence electrons. The third kappa shape index (κ3) is 6.55. The number of rotatable bonds is 8. The molecule has 0 saturated carbocycles. The van der Waals surface area contributed by atoms with Crippen molar-refractivity contribution in [2.45, 2.75) is 26.9 Å². The quantitative estimate of drug-likeness (QED) is 0.259. The Morgan fingerprint density at radius 2 is 1.74 bits per heavy atom. The van der Waals surface area contributed by atoms with Crippen LogP contribution in [-0.4, -0.2) is 65.0 Å². The Morgan fingerprint density at radius 3 is 2.47 bits per heavy atom. The average molecular weight is 590 g/mol. The van der Waals surface area contributed by atoms with E-state index < -0.39 is 17.7 Å². The minimum Gasteiger partial charge on any atom is -0.313 e. The summed E-state index contributed by atoms with van der Waals surface area (Å²) in [6.07, 6.45) is 2.05. The van der Waals surface area contributed by atoms with Crippen molar-refractivity contribution in [3.05, 3.63) is 81.8 Å². The molecule has 10 nitrogen and oxygen atoms in total. The summed E-state index contributed by atoms with van der Waals surface area (Å²) in [6.45, 7) is 7.72. The van der Waals surface area contributed by atoms with Gasteiger partial charge in [-0.1, -0.05) is 0 Å². The number of anilines is 3. The maximum atomic E-state index is 15.1. The number of urea groups is 1. The summed E-state index contributed by atoms with van der Waals surface area (Å²) < 4.78 is 30.8. The highest BCUT2D eigenvalue weighted by molar-refractivity contribution is 6.01. The van der Waals surface area contributed by atoms with E-state index in [1.807, 2.05) is 14.0 Å². The van der Waals surface area contributed by atoms with Crippen molar-refractivity contribution >= 4 is 40.5 Å². The van der Waals surface area contributed by atoms with Gasteiger partial charge < -0.3 is 25.4 Å². The second-order valence-electron chi connectivity index (χ2n) is 10.6. The van der Waals surface area contributed by atoms with Crippen LogP contribution in [0.3, 0.4) is 0 Å². The van der Waals surface area contributed by atoms with E-state index in [2.05, 4.69) is 30.7 Å². The van der Waals surface area contributed by atoms with Crippen LogP contribution in [0.5, 0.6) is 0 Å². The van der Waals surface area contributed by atoms with Crippen LogP contribution in [0.15, 0.2) is 53.5 Å². The van der Waals surface area contributed by atoms with Gasteiger partial charge in [-0.3, -0.25) is 14.5 Å². The van der Waals surface area contributed by atoms with E-state index in [4.69, 9.17) is 0 Å². The number of aryl methyl sites for hydroxylation is 2. The molecule has 0 atom stereocenters. The van der Waals surface area contributed by atoms with Crippen molar-refractivity contribution < 1.29 is 18.4 Å². The number of aromatic nitrogens is 2. The first-order chi connectivity index (χ1) is 20.7. The maximum absolute atomic E-state index is 15.1. The van der Waals surface area contributed by atoms with Crippen LogP contribution in [-0.2, 0) is 17.9 Å². The molecule has 0 bridgehead atoms. The zero-order chi connectivity index (χ0) is 30.7. The van der Waals surface area contributed by atoms with Gasteiger partial charge in [0, 0.05) is 68.2 Å². The normalized spacial score (nSPS) is 14.1. The number of benzene rings is 2. The van der Waals surface area contributed by atoms with Crippen LogP contribution in [0.25, 0.3) is 22.0 Å². The highest BCUT2D eigenvalue weighted by Crippen LogP contribution is 2.30. The van der Waals surface area contributed by atoms with E-state index in [-0.39, 0.29) is 11.2 Å². The monoisotopic (exact) mass is 589 g/mol. The number of nitrogens with one attached hydrogen (secondary N) is 3. The fourth-order valence-corrected chi connectivity index (χ4v) is 5.32. The number of likely N-dealkylation sites (N-methyl/N-ethyl adjacent to an activating group) is 1. The molecular weight excluding hydrogens is 556 g/mol. The van der Waals surface area contributed by atoms with Gasteiger partial charge in [-0.05, 0) is 74.0 Å². The van der Waals surface area contributed by atoms with Gasteiger partial charge in [0.15, 0.2) is 0 Å². The molecular formula is C31H33F2N7O3. The van der Waals surface area contributed by atoms with Crippen molar-refractivity contribution in [1.82, 2.24) is 19.4 Å². The summed E-state index contributed by atoms with van der Waals surface area (Å²) >= 11 is 0. The smallest absolute Gasteiger partial charge is 0.313 e. The van der Waals surface area contributed by atoms with E-state index >= 15 is 4.39 Å². The minimum atomic E-state index is -0.705. The van der Waals surface area contributed by atoms with E-state index in [1.54, 1.807) is 29.8 Å². The fourth-order valence-electron chi connectivity index (χ4n) is 5.32. The Kier molecular flexibility index (Phi) is 8.78. The molecule has 1 fully saturated rings. The van der Waals surface area contributed by atoms with E-state index in [0.29, 0.717) is 64.2 Å². The van der Waals surface area contributed by atoms with Crippen molar-refractivity contribution in [2.24, 2.45) is 0 Å². The van der Waals surface area contributed by atoms with Gasteiger partial charge in [0.2, 0.25) is 6.41 Å². The Labute approximate surface area is 247 Å². The highest BCUT2D eigenvalue weighted by Gasteiger charge is 2.19. The summed E-state index contributed by atoms with van der Waals surface area (Å²) in [5, 5.41) is 8.41. The molecule has 2 aromatic heterocycles. The molecule has 3 heterocycles. The number of piperazine rings is 1. The summed E-state index contributed by atoms with van der Waals surface area (Å²) in [5.74, 6) is -0.778. The number of hydrogen-bond acceptors (Lipinski definition) is 6. The molecule has 5 rings (SSSR count). The number of hydrogen-bond donors (Lipinski definition) is 3. The molecule has 0 radical (unpaired) electrons. The van der Waals surface area contributed by atoms with E-state index in [0.717, 1.165) is 26.2 Å². The first-order valence-electron chi connectivity index (χ1n) is 14.0. The van der Waals surface area contributed by atoms with Gasteiger partial charge in [0.25, 0.3) is 5.56 Å². The Hall–Kier alpha value is -4.68. The lowest BCUT2D eigenvalue weighted by atomic mass is 9.99. The lowest BCUT2D eigenvalue weighted by Gasteiger charge is -2.32. The Balaban J connectivity index is 1.43. The zero-order valence-electron chi connectivity index (χ0n) is 24.2. The summed E-state index contributed by atoms with van der Waals surface area (Å²) in [7, 11) is 2.05. The Bertz CT molecular complexity index is 1750. The van der Waals surface area contributed by atoms with Gasteiger partial charge in [0.1, 0.15) is 17.5 Å². The van der Waals surface area contributed by atoms with Crippen LogP contribution in [0.1, 0.15) is 18.1 Å². The predicted octanol–water partition coefficient (Wildman–Crippen LogP) is 4.63. The molecule has 3 N–H and O–H groups in total. The van der Waals surface area contributed by atoms with Crippen molar-refractivity contribution in [1.29, 1.82) is 0 Å². The molecule has 1 saturated heterocycles. The minimum absolute atomic E-state index is 0.118. The van der Waals surface area contributed by atoms with E-state index in [1.165, 1.54) is 30.3 Å². The number of fused-ring (bicyclic) bond motifs is 1. The number of carbonyl (C=O) groups is 2. The van der Waals surface area contributed by atoms with Crippen molar-refractivity contribution in [3.63, 3.8) is 0 Å². The van der Waals surface area contributed by atoms with Crippen LogP contribution < -0.4 is 21.5 Å². The summed E-state index contributed by atoms with van der Waals surface area (Å²) in [5.41, 5.74) is 2.43. The molecule has 1 aliphatic heterocycles. The molecule has 3 amide bonds. The molecule has 43 heavy (non-hydrogen) atoms. The lowest BCUT2D eigenvalue weighted by molar-refractivity contribution is -0.105. The van der Waals surface area contributed by atoms with Gasteiger partial charge in [-0.2, -0.15) is 0 Å². The number of nitrogens with zero attached hydrogens (tertiary/aromatic N) is 4. The standard InChI is InChI=1S/C31H33F2N7O3/c1-4-40-28-15-29(35-18-41)34-16-20(28)13-24(30(40)42)23-14-27(25(33)11-19(23)2)37-31(43)36-26-6-5-22(32)12-21(26)17-39-9-7-38(3)8-10-39/h5-6,11-16,18H,4,7-10,17H2,1-3H3,(H,34,35,41)(H2,36,37,43). The zero-order valence-corrected chi connectivity index (χ0v) is 24.2. The van der Waals surface area contributed by atoms with Crippen molar-refractivity contribution in [2.75, 3.05) is 49.2 Å². The molecule has 0 unspecified atom stereocenters. The van der Waals surface area contributed by atoms with Gasteiger partial charge in [-0.15, -0.1) is 0 Å². The number of pyridine rings is 2. The van der Waals surface area contributed by atoms with Crippen LogP contribution in [0.4, 0.5) is 30.8 Å². The van der Waals surface area contributed by atoms with Crippen LogP contribution in [0, 0.1) is 18.6 Å². The third-order valence-corrected chi connectivity index (χ3v) is 7.66. The van der Waals surface area contributed by atoms with Gasteiger partial charge in [-0.25, -0.2) is 18.6 Å². The van der Waals surface area contributed by atoms with Crippen molar-refractivity contribution in [3.8, 4) is 11.1 Å². The average Bonchev–Trinajstić information content (AvgIpc) is 2.97. The Morgan fingerprint density at radius 1 is 1.00 bits per heavy atom. The number of carbonyl (C=O) groups excluding carboxylic acids is 2. The lowest BCUT2D eigenvalue weighted by Crippen LogP contribution is -2.44. The van der Waals surface area contributed by atoms with Crippen LogP contribution >= 0.6 is 0 Å². The maximum Gasteiger partial charge on any atom is 0.323 e. The first kappa shape index (κ1) is 29.8. The SMILES string of the molecule is CCn1c(=O)c(-c2cc(NC(=O)Nc3ccc(F)cc3CN3CCN(C)CC3)c(F)cc2C)cc2cnc(NC=O)cc21. The van der Waals surface area contributed by atoms with Gasteiger partial charge >= 0.3 is 6.03 Å². The third-order valence-electron chi connectivity index (χ3n) is 7.66. The number of amides is 3. The summed E-state index contributed by atoms with van der Waals surface area (Å²) in [6, 6.07) is 9.40. The van der Waals surface area contributed by atoms with Gasteiger partial charge in [0.05, 0.1) is 11.2 Å². The molecule has 12 heteroatoms. The first-order valence-corrected chi connectivity index (χ1v) is 14.0. The molecule has 0 aliphatic carbocycles. The highest BCUT2D eigenvalue weighted by atomic mass is 19.1. The topological polar surface area (TPSA) is 112 Å². The number of halogens is 2. The fraction of sp³-hybridized carbons (Fsp3) is 0.290. The molecule has 4 aromatic rings. The molecule has 0 spiro atoms. The molecule has 2 aromatic carbocycles. The summed E-state index contributed by atoms with van der Waals surface area (Å²) in [4.78, 5) is 46.1. The second kappa shape index (κ2) is 12.7. The second-order valence-corrected chi connectivity index (χ2v) is 10.6. The van der Waals surface area contributed by atoms with E-state index in [9.17, 15) is 18.8 Å². The van der Waals surface area contributed by atoms with Crippen LogP contribution in [0.2, 0.25) is 0 Å². The molecule has 1 aliphatic rings. The largest absolute Gasteiger partial charge is 0.323 e.